The maximum absolute atomic E-state index is 13.4. The lowest BCUT2D eigenvalue weighted by Crippen LogP contribution is -2.40. The van der Waals surface area contributed by atoms with Crippen LogP contribution in [0, 0.1) is 0 Å². The highest BCUT2D eigenvalue weighted by molar-refractivity contribution is 6.07. The number of para-hydroxylation sites is 1. The maximum atomic E-state index is 13.4. The molecule has 2 aromatic rings. The molecule has 0 fully saturated rings. The van der Waals surface area contributed by atoms with Crippen molar-refractivity contribution in [1.29, 1.82) is 0 Å². The van der Waals surface area contributed by atoms with Crippen molar-refractivity contribution in [1.82, 2.24) is 14.8 Å². The molecule has 1 amide bonds. The minimum Gasteiger partial charge on any atom is -0.371 e. The van der Waals surface area contributed by atoms with Gasteiger partial charge in [0.15, 0.2) is 0 Å². The van der Waals surface area contributed by atoms with Crippen LogP contribution in [0.3, 0.4) is 0 Å². The van der Waals surface area contributed by atoms with E-state index in [1.807, 2.05) is 31.2 Å². The first-order valence-electron chi connectivity index (χ1n) is 10.9. The van der Waals surface area contributed by atoms with Gasteiger partial charge in [-0.1, -0.05) is 39.0 Å². The van der Waals surface area contributed by atoms with Gasteiger partial charge in [-0.15, -0.1) is 12.4 Å². The summed E-state index contributed by atoms with van der Waals surface area (Å²) in [7, 11) is 0. The molecule has 0 radical (unpaired) electrons. The number of anilines is 1. The lowest BCUT2D eigenvalue weighted by atomic mass is 10.1. The van der Waals surface area contributed by atoms with Gasteiger partial charge in [-0.3, -0.25) is 9.59 Å². The molecule has 1 heterocycles. The molecular weight excluding hydrogens is 400 g/mol. The second-order valence-corrected chi connectivity index (χ2v) is 7.15. The van der Waals surface area contributed by atoms with E-state index in [0.717, 1.165) is 55.7 Å². The topological polar surface area (TPSA) is 57.6 Å². The van der Waals surface area contributed by atoms with Crippen LogP contribution in [0.15, 0.2) is 29.1 Å². The van der Waals surface area contributed by atoms with Crippen molar-refractivity contribution in [3.63, 3.8) is 0 Å². The summed E-state index contributed by atoms with van der Waals surface area (Å²) < 4.78 is 1.75. The third kappa shape index (κ3) is 5.55. The number of rotatable bonds is 11. The number of pyridine rings is 1. The van der Waals surface area contributed by atoms with Crippen LogP contribution in [0.5, 0.6) is 0 Å². The Kier molecular flexibility index (Phi) is 10.9. The van der Waals surface area contributed by atoms with E-state index in [9.17, 15) is 9.59 Å². The fraction of sp³-hybridized carbons (Fsp3) is 0.565. The largest absolute Gasteiger partial charge is 0.371 e. The predicted octanol–water partition coefficient (Wildman–Crippen LogP) is 3.75. The van der Waals surface area contributed by atoms with Crippen LogP contribution in [0.2, 0.25) is 0 Å². The number of likely N-dealkylation sites (N-methyl/N-ethyl adjacent to an activating group) is 1. The summed E-state index contributed by atoms with van der Waals surface area (Å²) in [6, 6.07) is 7.91. The standard InChI is InChI=1S/C23H36N4O2.ClH/c1-6-16-27-19-14-12-11-13-18(19)21(26(9-4)10-5)20(23(27)29)22(28)24-15-17-25(7-2)8-3;/h11-14H,6-10,15-17H2,1-5H3,(H,24,28);1H. The average molecular weight is 437 g/mol. The fourth-order valence-electron chi connectivity index (χ4n) is 3.86. The molecule has 1 aromatic carbocycles. The van der Waals surface area contributed by atoms with Gasteiger partial charge in [0.1, 0.15) is 5.56 Å². The highest BCUT2D eigenvalue weighted by Crippen LogP contribution is 2.29. The number of carbonyl (C=O) groups is 1. The Bertz CT molecular complexity index is 873. The summed E-state index contributed by atoms with van der Waals surface area (Å²) in [4.78, 5) is 31.0. The van der Waals surface area contributed by atoms with Crippen molar-refractivity contribution >= 4 is 34.9 Å². The Labute approximate surface area is 186 Å². The van der Waals surface area contributed by atoms with Crippen molar-refractivity contribution in [2.75, 3.05) is 44.2 Å². The SMILES string of the molecule is CCCn1c(=O)c(C(=O)NCCN(CC)CC)c(N(CC)CC)c2ccccc21.Cl. The minimum atomic E-state index is -0.278. The first-order valence-corrected chi connectivity index (χ1v) is 10.9. The fourth-order valence-corrected chi connectivity index (χ4v) is 3.86. The zero-order chi connectivity index (χ0) is 21.4. The van der Waals surface area contributed by atoms with Gasteiger partial charge >= 0.3 is 0 Å². The number of aryl methyl sites for hydroxylation is 1. The Morgan fingerprint density at radius 2 is 1.63 bits per heavy atom. The van der Waals surface area contributed by atoms with Crippen molar-refractivity contribution in [2.45, 2.75) is 47.6 Å². The molecule has 1 N–H and O–H groups in total. The number of carbonyl (C=O) groups excluding carboxylic acids is 1. The number of benzene rings is 1. The number of hydrogen-bond acceptors (Lipinski definition) is 4. The first kappa shape index (κ1) is 26.0. The number of nitrogens with one attached hydrogen (secondary N) is 1. The van der Waals surface area contributed by atoms with Gasteiger partial charge in [-0.25, -0.2) is 0 Å². The van der Waals surface area contributed by atoms with Gasteiger partial charge in [0, 0.05) is 38.1 Å². The highest BCUT2D eigenvalue weighted by atomic mass is 35.5. The lowest BCUT2D eigenvalue weighted by Gasteiger charge is -2.27. The smallest absolute Gasteiger partial charge is 0.266 e. The van der Waals surface area contributed by atoms with E-state index >= 15 is 0 Å². The Morgan fingerprint density at radius 1 is 1.00 bits per heavy atom. The van der Waals surface area contributed by atoms with Gasteiger partial charge < -0.3 is 19.7 Å². The van der Waals surface area contributed by atoms with E-state index in [1.54, 1.807) is 4.57 Å². The van der Waals surface area contributed by atoms with Crippen molar-refractivity contribution in [3.05, 3.63) is 40.2 Å². The third-order valence-electron chi connectivity index (χ3n) is 5.51. The quantitative estimate of drug-likeness (QED) is 0.582. The molecular formula is C23H37ClN4O2. The Hall–Kier alpha value is -2.05. The zero-order valence-corrected chi connectivity index (χ0v) is 19.8. The number of fused-ring (bicyclic) bond motifs is 1. The molecule has 0 saturated heterocycles. The van der Waals surface area contributed by atoms with Gasteiger partial charge in [-0.05, 0) is 39.4 Å². The summed E-state index contributed by atoms with van der Waals surface area (Å²) in [6.07, 6.45) is 0.831. The number of aromatic nitrogens is 1. The normalized spacial score (nSPS) is 10.9. The predicted molar refractivity (Wildman–Crippen MR) is 129 cm³/mol. The monoisotopic (exact) mass is 436 g/mol. The van der Waals surface area contributed by atoms with Crippen molar-refractivity contribution in [3.8, 4) is 0 Å². The molecule has 0 aliphatic heterocycles. The third-order valence-corrected chi connectivity index (χ3v) is 5.51. The van der Waals surface area contributed by atoms with Gasteiger partial charge in [0.25, 0.3) is 11.5 Å². The van der Waals surface area contributed by atoms with E-state index in [-0.39, 0.29) is 29.4 Å². The number of halogens is 1. The van der Waals surface area contributed by atoms with E-state index < -0.39 is 0 Å². The summed E-state index contributed by atoms with van der Waals surface area (Å²) in [6.45, 7) is 15.6. The van der Waals surface area contributed by atoms with Crippen LogP contribution in [0.4, 0.5) is 5.69 Å². The first-order chi connectivity index (χ1) is 14.0. The summed E-state index contributed by atoms with van der Waals surface area (Å²) >= 11 is 0. The van der Waals surface area contributed by atoms with E-state index in [0.29, 0.717) is 13.1 Å². The molecule has 1 aromatic heterocycles. The summed E-state index contributed by atoms with van der Waals surface area (Å²) in [5.74, 6) is -0.278. The zero-order valence-electron chi connectivity index (χ0n) is 19.0. The minimum absolute atomic E-state index is 0. The molecule has 0 bridgehead atoms. The number of amides is 1. The molecule has 6 nitrogen and oxygen atoms in total. The average Bonchev–Trinajstić information content (AvgIpc) is 2.74. The van der Waals surface area contributed by atoms with E-state index in [1.165, 1.54) is 0 Å². The van der Waals surface area contributed by atoms with Crippen LogP contribution in [-0.4, -0.2) is 54.6 Å². The Balaban J connectivity index is 0.00000450. The maximum Gasteiger partial charge on any atom is 0.266 e. The second-order valence-electron chi connectivity index (χ2n) is 7.15. The van der Waals surface area contributed by atoms with Crippen LogP contribution in [-0.2, 0) is 6.54 Å². The van der Waals surface area contributed by atoms with E-state index in [4.69, 9.17) is 0 Å². The van der Waals surface area contributed by atoms with Gasteiger partial charge in [0.2, 0.25) is 0 Å². The molecule has 2 rings (SSSR count). The number of nitrogens with zero attached hydrogens (tertiary/aromatic N) is 3. The number of hydrogen-bond donors (Lipinski definition) is 1. The van der Waals surface area contributed by atoms with Crippen LogP contribution < -0.4 is 15.8 Å². The highest BCUT2D eigenvalue weighted by Gasteiger charge is 2.24. The molecule has 0 atom stereocenters. The van der Waals surface area contributed by atoms with E-state index in [2.05, 4.69) is 42.8 Å². The summed E-state index contributed by atoms with van der Waals surface area (Å²) in [5.41, 5.74) is 1.71. The molecule has 0 unspecified atom stereocenters. The lowest BCUT2D eigenvalue weighted by molar-refractivity contribution is 0.0947. The van der Waals surface area contributed by atoms with Crippen LogP contribution in [0.25, 0.3) is 10.9 Å². The summed E-state index contributed by atoms with van der Waals surface area (Å²) in [5, 5.41) is 3.95. The van der Waals surface area contributed by atoms with Gasteiger partial charge in [-0.2, -0.15) is 0 Å². The molecule has 0 saturated carbocycles. The second kappa shape index (κ2) is 12.6. The molecule has 0 aliphatic rings. The molecule has 168 valence electrons. The Morgan fingerprint density at radius 3 is 2.20 bits per heavy atom. The van der Waals surface area contributed by atoms with Crippen molar-refractivity contribution in [2.24, 2.45) is 0 Å². The molecule has 0 aliphatic carbocycles. The van der Waals surface area contributed by atoms with Gasteiger partial charge in [0.05, 0.1) is 11.2 Å². The van der Waals surface area contributed by atoms with Crippen molar-refractivity contribution < 1.29 is 4.79 Å². The molecule has 0 spiro atoms. The molecule has 30 heavy (non-hydrogen) atoms. The molecule has 7 heteroatoms. The van der Waals surface area contributed by atoms with Crippen LogP contribution >= 0.6 is 12.4 Å². The van der Waals surface area contributed by atoms with Crippen LogP contribution in [0.1, 0.15) is 51.4 Å².